The minimum absolute atomic E-state index is 0.171. The summed E-state index contributed by atoms with van der Waals surface area (Å²) in [5, 5.41) is 2.63. The normalized spacial score (nSPS) is 14.6. The highest BCUT2D eigenvalue weighted by Gasteiger charge is 2.31. The average Bonchev–Trinajstić information content (AvgIpc) is 3.03. The highest BCUT2D eigenvalue weighted by Crippen LogP contribution is 2.34. The average molecular weight is 473 g/mol. The van der Waals surface area contributed by atoms with E-state index in [1.54, 1.807) is 30.4 Å². The molecule has 1 aliphatic rings. The zero-order valence-electron chi connectivity index (χ0n) is 17.3. The van der Waals surface area contributed by atoms with Gasteiger partial charge in [0.2, 0.25) is 0 Å². The highest BCUT2D eigenvalue weighted by molar-refractivity contribution is 8.26. The van der Waals surface area contributed by atoms with E-state index in [9.17, 15) is 14.0 Å². The van der Waals surface area contributed by atoms with E-state index in [0.29, 0.717) is 39.6 Å². The molecule has 0 saturated carbocycles. The van der Waals surface area contributed by atoms with Crippen molar-refractivity contribution in [2.45, 2.75) is 6.92 Å². The molecule has 1 fully saturated rings. The Morgan fingerprint density at radius 2 is 1.97 bits per heavy atom. The van der Waals surface area contributed by atoms with Gasteiger partial charge in [0, 0.05) is 12.2 Å². The molecule has 1 aliphatic heterocycles. The first-order valence-electron chi connectivity index (χ1n) is 9.72. The predicted octanol–water partition coefficient (Wildman–Crippen LogP) is 4.63. The minimum Gasteiger partial charge on any atom is -0.490 e. The monoisotopic (exact) mass is 472 g/mol. The van der Waals surface area contributed by atoms with Crippen molar-refractivity contribution in [3.63, 3.8) is 0 Å². The lowest BCUT2D eigenvalue weighted by atomic mass is 10.2. The number of nitrogens with zero attached hydrogens (tertiary/aromatic N) is 1. The molecule has 2 aromatic rings. The Morgan fingerprint density at radius 3 is 2.66 bits per heavy atom. The number of nitrogens with one attached hydrogen (secondary N) is 1. The van der Waals surface area contributed by atoms with Crippen LogP contribution in [0.3, 0.4) is 0 Å². The molecule has 2 aromatic carbocycles. The lowest BCUT2D eigenvalue weighted by Gasteiger charge is -2.13. The molecule has 0 bridgehead atoms. The second-order valence-corrected chi connectivity index (χ2v) is 8.24. The number of ether oxygens (including phenoxy) is 2. The summed E-state index contributed by atoms with van der Waals surface area (Å²) in [5.41, 5.74) is 1.20. The third kappa shape index (κ3) is 5.95. The first-order valence-corrected chi connectivity index (χ1v) is 10.9. The summed E-state index contributed by atoms with van der Waals surface area (Å²) in [6.07, 6.45) is 3.36. The number of anilines is 1. The van der Waals surface area contributed by atoms with Crippen LogP contribution in [-0.2, 0) is 9.59 Å². The molecule has 1 heterocycles. The largest absolute Gasteiger partial charge is 0.490 e. The van der Waals surface area contributed by atoms with Crippen molar-refractivity contribution in [2.24, 2.45) is 0 Å². The van der Waals surface area contributed by atoms with Crippen molar-refractivity contribution < 1.29 is 23.5 Å². The number of thioether (sulfide) groups is 1. The Labute approximate surface area is 195 Å². The maximum atomic E-state index is 13.0. The summed E-state index contributed by atoms with van der Waals surface area (Å²) in [6, 6.07) is 10.6. The summed E-state index contributed by atoms with van der Waals surface area (Å²) in [6.45, 7) is 5.97. The number of hydrogen-bond acceptors (Lipinski definition) is 6. The molecule has 0 unspecified atom stereocenters. The number of carbonyl (C=O) groups is 2. The molecule has 9 heteroatoms. The van der Waals surface area contributed by atoms with Crippen LogP contribution in [0.25, 0.3) is 6.08 Å². The van der Waals surface area contributed by atoms with Crippen molar-refractivity contribution in [2.75, 3.05) is 25.1 Å². The van der Waals surface area contributed by atoms with Gasteiger partial charge < -0.3 is 14.8 Å². The summed E-state index contributed by atoms with van der Waals surface area (Å²) >= 11 is 6.48. The molecule has 0 radical (unpaired) electrons. The van der Waals surface area contributed by atoms with Gasteiger partial charge in [-0.25, -0.2) is 4.39 Å². The lowest BCUT2D eigenvalue weighted by Crippen LogP contribution is -2.27. The van der Waals surface area contributed by atoms with Crippen molar-refractivity contribution in [3.8, 4) is 11.5 Å². The summed E-state index contributed by atoms with van der Waals surface area (Å²) in [7, 11) is 0. The van der Waals surface area contributed by atoms with Crippen LogP contribution in [0.1, 0.15) is 12.5 Å². The Morgan fingerprint density at radius 1 is 1.22 bits per heavy atom. The van der Waals surface area contributed by atoms with E-state index < -0.39 is 5.91 Å². The quantitative estimate of drug-likeness (QED) is 0.326. The number of thiocarbonyl (C=S) groups is 1. The molecular weight excluding hydrogens is 451 g/mol. The number of amides is 2. The number of halogens is 1. The van der Waals surface area contributed by atoms with Crippen LogP contribution in [0.2, 0.25) is 0 Å². The molecule has 32 heavy (non-hydrogen) atoms. The second-order valence-electron chi connectivity index (χ2n) is 6.56. The number of rotatable bonds is 9. The molecule has 0 spiro atoms. The standard InChI is InChI=1S/C23H21FN2O4S2/c1-3-11-26-22(28)20(32-23(26)31)13-15-5-10-18(19(12-15)29-4-2)30-14-21(27)25-17-8-6-16(24)7-9-17/h3,5-10,12-13H,1,4,11,14H2,2H3,(H,25,27)/b20-13-. The molecule has 0 atom stereocenters. The van der Waals surface area contributed by atoms with E-state index in [1.165, 1.54) is 40.9 Å². The van der Waals surface area contributed by atoms with Gasteiger partial charge in [0.1, 0.15) is 10.1 Å². The van der Waals surface area contributed by atoms with Gasteiger partial charge in [-0.3, -0.25) is 14.5 Å². The molecule has 2 amide bonds. The number of hydrogen-bond donors (Lipinski definition) is 1. The van der Waals surface area contributed by atoms with Gasteiger partial charge in [-0.1, -0.05) is 36.1 Å². The Hall–Kier alpha value is -3.17. The Kier molecular flexibility index (Phi) is 8.02. The van der Waals surface area contributed by atoms with E-state index in [0.717, 1.165) is 5.56 Å². The van der Waals surface area contributed by atoms with Gasteiger partial charge in [0.05, 0.1) is 11.5 Å². The molecular formula is C23H21FN2O4S2. The fourth-order valence-corrected chi connectivity index (χ4v) is 4.09. The zero-order valence-corrected chi connectivity index (χ0v) is 18.9. The van der Waals surface area contributed by atoms with E-state index in [2.05, 4.69) is 11.9 Å². The van der Waals surface area contributed by atoms with Gasteiger partial charge in [-0.05, 0) is 55.0 Å². The fourth-order valence-electron chi connectivity index (χ4n) is 2.81. The third-order valence-corrected chi connectivity index (χ3v) is 5.62. The zero-order chi connectivity index (χ0) is 23.1. The third-order valence-electron chi connectivity index (χ3n) is 4.24. The van der Waals surface area contributed by atoms with Crippen molar-refractivity contribution in [3.05, 3.63) is 71.4 Å². The minimum atomic E-state index is -0.394. The predicted molar refractivity (Wildman–Crippen MR) is 128 cm³/mol. The van der Waals surface area contributed by atoms with E-state index in [-0.39, 0.29) is 18.3 Å². The maximum absolute atomic E-state index is 13.0. The van der Waals surface area contributed by atoms with E-state index in [1.807, 2.05) is 6.92 Å². The van der Waals surface area contributed by atoms with Gasteiger partial charge in [-0.15, -0.1) is 6.58 Å². The van der Waals surface area contributed by atoms with E-state index >= 15 is 0 Å². The van der Waals surface area contributed by atoms with Gasteiger partial charge >= 0.3 is 0 Å². The molecule has 3 rings (SSSR count). The van der Waals surface area contributed by atoms with Crippen LogP contribution in [0.5, 0.6) is 11.5 Å². The van der Waals surface area contributed by atoms with Crippen LogP contribution in [-0.4, -0.2) is 40.8 Å². The van der Waals surface area contributed by atoms with Crippen molar-refractivity contribution >= 4 is 51.9 Å². The molecule has 6 nitrogen and oxygen atoms in total. The maximum Gasteiger partial charge on any atom is 0.266 e. The molecule has 0 aromatic heterocycles. The van der Waals surface area contributed by atoms with Crippen LogP contribution in [0, 0.1) is 5.82 Å². The first-order chi connectivity index (χ1) is 15.4. The molecule has 166 valence electrons. The topological polar surface area (TPSA) is 67.9 Å². The van der Waals surface area contributed by atoms with E-state index in [4.69, 9.17) is 21.7 Å². The number of carbonyl (C=O) groups excluding carboxylic acids is 2. The summed E-state index contributed by atoms with van der Waals surface area (Å²) < 4.78 is 24.7. The van der Waals surface area contributed by atoms with Crippen LogP contribution >= 0.6 is 24.0 Å². The molecule has 1 saturated heterocycles. The Bertz CT molecular complexity index is 1070. The highest BCUT2D eigenvalue weighted by atomic mass is 32.2. The van der Waals surface area contributed by atoms with Crippen LogP contribution < -0.4 is 14.8 Å². The Balaban J connectivity index is 1.70. The van der Waals surface area contributed by atoms with Gasteiger partial charge in [0.15, 0.2) is 18.1 Å². The van der Waals surface area contributed by atoms with Crippen molar-refractivity contribution in [1.82, 2.24) is 4.90 Å². The molecule has 0 aliphatic carbocycles. The SMILES string of the molecule is C=CCN1C(=O)/C(=C/c2ccc(OCC(=O)Nc3ccc(F)cc3)c(OCC)c2)SC1=S. The first kappa shape index (κ1) is 23.5. The lowest BCUT2D eigenvalue weighted by molar-refractivity contribution is -0.121. The second kappa shape index (κ2) is 10.9. The van der Waals surface area contributed by atoms with Crippen molar-refractivity contribution in [1.29, 1.82) is 0 Å². The number of benzene rings is 2. The smallest absolute Gasteiger partial charge is 0.266 e. The summed E-state index contributed by atoms with van der Waals surface area (Å²) in [4.78, 5) is 26.6. The van der Waals surface area contributed by atoms with Crippen LogP contribution in [0.15, 0.2) is 60.0 Å². The fraction of sp³-hybridized carbons (Fsp3) is 0.174. The van der Waals surface area contributed by atoms with Gasteiger partial charge in [0.25, 0.3) is 11.8 Å². The summed E-state index contributed by atoms with van der Waals surface area (Å²) in [5.74, 6) is -0.122. The molecule has 1 N–H and O–H groups in total. The van der Waals surface area contributed by atoms with Crippen LogP contribution in [0.4, 0.5) is 10.1 Å². The van der Waals surface area contributed by atoms with Gasteiger partial charge in [-0.2, -0.15) is 0 Å².